The van der Waals surface area contributed by atoms with Crippen molar-refractivity contribution in [3.8, 4) is 11.1 Å². The molecule has 0 saturated carbocycles. The molecule has 2 aromatic carbocycles. The number of amides is 2. The van der Waals surface area contributed by atoms with E-state index in [-0.39, 0.29) is 18.9 Å². The molecule has 0 radical (unpaired) electrons. The summed E-state index contributed by atoms with van der Waals surface area (Å²) in [6, 6.07) is 15.2. The van der Waals surface area contributed by atoms with Crippen molar-refractivity contribution in [2.45, 2.75) is 45.6 Å². The predicted octanol–water partition coefficient (Wildman–Crippen LogP) is 4.57. The zero-order valence-electron chi connectivity index (χ0n) is 19.9. The van der Waals surface area contributed by atoms with Gasteiger partial charge in [0.25, 0.3) is 0 Å². The number of alkyl carbamates (subject to hydrolysis) is 1. The van der Waals surface area contributed by atoms with Crippen LogP contribution in [0.4, 0.5) is 4.79 Å². The fourth-order valence-corrected chi connectivity index (χ4v) is 4.28. The summed E-state index contributed by atoms with van der Waals surface area (Å²) in [7, 11) is 0. The predicted molar refractivity (Wildman–Crippen MR) is 131 cm³/mol. The van der Waals surface area contributed by atoms with Crippen LogP contribution in [0.25, 0.3) is 11.1 Å². The Balaban J connectivity index is 1.72. The van der Waals surface area contributed by atoms with Gasteiger partial charge >= 0.3 is 12.1 Å². The summed E-state index contributed by atoms with van der Waals surface area (Å²) in [4.78, 5) is 38.3. The monoisotopic (exact) mass is 464 g/mol. The van der Waals surface area contributed by atoms with Gasteiger partial charge in [-0.2, -0.15) is 0 Å². The van der Waals surface area contributed by atoms with Crippen LogP contribution < -0.4 is 5.32 Å². The minimum absolute atomic E-state index is 0.0892. The van der Waals surface area contributed by atoms with Crippen molar-refractivity contribution >= 4 is 18.0 Å². The number of aliphatic carboxylic acids is 1. The molecule has 0 heterocycles. The molecule has 7 nitrogen and oxygen atoms in total. The number of nitrogens with zero attached hydrogens (tertiary/aromatic N) is 1. The number of nitrogens with one attached hydrogen (secondary N) is 1. The third-order valence-electron chi connectivity index (χ3n) is 5.83. The van der Waals surface area contributed by atoms with Crippen molar-refractivity contribution in [3.63, 3.8) is 0 Å². The standard InChI is InChI=1S/C27H32N2O5/c1-4-15-29(16-25(30)31)26(32)24(14-13-18(2)3)28-27(33)34-17-23-21-11-7-5-9-19(21)20-10-6-8-12-22(20)23/h5-13,23-24H,4,14-17H2,1-3H3,(H,28,33)(H,30,31). The highest BCUT2D eigenvalue weighted by molar-refractivity contribution is 5.88. The first-order valence-electron chi connectivity index (χ1n) is 11.6. The molecule has 0 bridgehead atoms. The van der Waals surface area contributed by atoms with E-state index >= 15 is 0 Å². The van der Waals surface area contributed by atoms with Crippen LogP contribution in [-0.4, -0.2) is 53.7 Å². The van der Waals surface area contributed by atoms with E-state index < -0.39 is 30.6 Å². The van der Waals surface area contributed by atoms with Gasteiger partial charge in [-0.25, -0.2) is 4.79 Å². The Labute approximate surface area is 200 Å². The van der Waals surface area contributed by atoms with Crippen molar-refractivity contribution < 1.29 is 24.2 Å². The Bertz CT molecular complexity index is 1030. The summed E-state index contributed by atoms with van der Waals surface area (Å²) >= 11 is 0. The molecule has 2 N–H and O–H groups in total. The van der Waals surface area contributed by atoms with Crippen LogP contribution in [0.1, 0.15) is 50.7 Å². The molecule has 34 heavy (non-hydrogen) atoms. The molecule has 0 aromatic heterocycles. The van der Waals surface area contributed by atoms with Gasteiger partial charge in [-0.15, -0.1) is 0 Å². The minimum Gasteiger partial charge on any atom is -0.480 e. The van der Waals surface area contributed by atoms with Crippen molar-refractivity contribution in [1.82, 2.24) is 10.2 Å². The van der Waals surface area contributed by atoms with Crippen LogP contribution in [0.3, 0.4) is 0 Å². The third-order valence-corrected chi connectivity index (χ3v) is 5.83. The molecule has 1 aliphatic carbocycles. The van der Waals surface area contributed by atoms with Crippen molar-refractivity contribution in [1.29, 1.82) is 0 Å². The number of allylic oxidation sites excluding steroid dienone is 1. The van der Waals surface area contributed by atoms with E-state index in [1.807, 2.05) is 63.2 Å². The van der Waals surface area contributed by atoms with Gasteiger partial charge in [-0.05, 0) is 48.9 Å². The summed E-state index contributed by atoms with van der Waals surface area (Å²) in [6.45, 7) is 5.68. The third kappa shape index (κ3) is 6.04. The first kappa shape index (κ1) is 25.0. The average Bonchev–Trinajstić information content (AvgIpc) is 3.13. The summed E-state index contributed by atoms with van der Waals surface area (Å²) in [5.74, 6) is -1.62. The maximum atomic E-state index is 13.1. The number of hydrogen-bond acceptors (Lipinski definition) is 4. The molecule has 3 rings (SSSR count). The van der Waals surface area contributed by atoms with Crippen molar-refractivity contribution in [3.05, 3.63) is 71.3 Å². The number of carbonyl (C=O) groups excluding carboxylic acids is 2. The lowest BCUT2D eigenvalue weighted by Crippen LogP contribution is -2.50. The number of carbonyl (C=O) groups is 3. The molecular formula is C27H32N2O5. The number of hydrogen-bond donors (Lipinski definition) is 2. The van der Waals surface area contributed by atoms with Gasteiger partial charge in [0, 0.05) is 12.5 Å². The van der Waals surface area contributed by atoms with Gasteiger partial charge in [0.15, 0.2) is 0 Å². The highest BCUT2D eigenvalue weighted by Gasteiger charge is 2.30. The van der Waals surface area contributed by atoms with E-state index in [1.54, 1.807) is 0 Å². The number of benzene rings is 2. The fourth-order valence-electron chi connectivity index (χ4n) is 4.28. The Morgan fingerprint density at radius 1 is 1.06 bits per heavy atom. The van der Waals surface area contributed by atoms with Crippen LogP contribution in [0, 0.1) is 0 Å². The maximum Gasteiger partial charge on any atom is 0.407 e. The summed E-state index contributed by atoms with van der Waals surface area (Å²) in [6.07, 6.45) is 2.01. The molecule has 0 saturated heterocycles. The lowest BCUT2D eigenvalue weighted by Gasteiger charge is -2.26. The lowest BCUT2D eigenvalue weighted by molar-refractivity contribution is -0.145. The molecular weight excluding hydrogens is 432 g/mol. The van der Waals surface area contributed by atoms with E-state index in [0.29, 0.717) is 13.0 Å². The van der Waals surface area contributed by atoms with Gasteiger partial charge in [-0.3, -0.25) is 9.59 Å². The number of carboxylic acid groups (broad SMARTS) is 1. The second-order valence-electron chi connectivity index (χ2n) is 8.69. The summed E-state index contributed by atoms with van der Waals surface area (Å²) in [5.41, 5.74) is 5.46. The number of rotatable bonds is 10. The van der Waals surface area contributed by atoms with Crippen molar-refractivity contribution in [2.75, 3.05) is 19.7 Å². The highest BCUT2D eigenvalue weighted by Crippen LogP contribution is 2.44. The van der Waals surface area contributed by atoms with E-state index in [9.17, 15) is 19.5 Å². The van der Waals surface area contributed by atoms with Gasteiger partial charge in [0.05, 0.1) is 0 Å². The Morgan fingerprint density at radius 2 is 1.65 bits per heavy atom. The van der Waals surface area contributed by atoms with Gasteiger partial charge in [-0.1, -0.05) is 67.1 Å². The summed E-state index contributed by atoms with van der Waals surface area (Å²) < 4.78 is 5.59. The second-order valence-corrected chi connectivity index (χ2v) is 8.69. The molecule has 7 heteroatoms. The van der Waals surface area contributed by atoms with Gasteiger partial charge in [0.1, 0.15) is 19.2 Å². The number of fused-ring (bicyclic) bond motifs is 3. The molecule has 0 spiro atoms. The van der Waals surface area contributed by atoms with Crippen LogP contribution in [0.15, 0.2) is 60.2 Å². The number of carboxylic acids is 1. The van der Waals surface area contributed by atoms with Gasteiger partial charge < -0.3 is 20.1 Å². The Morgan fingerprint density at radius 3 is 2.18 bits per heavy atom. The molecule has 1 aliphatic rings. The molecule has 0 aliphatic heterocycles. The van der Waals surface area contributed by atoms with E-state index in [1.165, 1.54) is 4.90 Å². The molecule has 0 fully saturated rings. The quantitative estimate of drug-likeness (QED) is 0.502. The van der Waals surface area contributed by atoms with E-state index in [4.69, 9.17) is 4.74 Å². The molecule has 1 unspecified atom stereocenters. The Hall–Kier alpha value is -3.61. The molecule has 1 atom stereocenters. The van der Waals surface area contributed by atoms with Gasteiger partial charge in [0.2, 0.25) is 5.91 Å². The van der Waals surface area contributed by atoms with Crippen LogP contribution in [-0.2, 0) is 14.3 Å². The fraction of sp³-hybridized carbons (Fsp3) is 0.370. The van der Waals surface area contributed by atoms with Crippen LogP contribution in [0.5, 0.6) is 0 Å². The zero-order chi connectivity index (χ0) is 24.7. The number of ether oxygens (including phenoxy) is 1. The van der Waals surface area contributed by atoms with E-state index in [2.05, 4.69) is 17.4 Å². The summed E-state index contributed by atoms with van der Waals surface area (Å²) in [5, 5.41) is 11.9. The molecule has 2 aromatic rings. The first-order chi connectivity index (χ1) is 16.3. The minimum atomic E-state index is -1.09. The van der Waals surface area contributed by atoms with Crippen molar-refractivity contribution in [2.24, 2.45) is 0 Å². The average molecular weight is 465 g/mol. The smallest absolute Gasteiger partial charge is 0.407 e. The maximum absolute atomic E-state index is 13.1. The second kappa shape index (κ2) is 11.5. The lowest BCUT2D eigenvalue weighted by atomic mass is 9.98. The van der Waals surface area contributed by atoms with Crippen LogP contribution in [0.2, 0.25) is 0 Å². The molecule has 2 amide bonds. The van der Waals surface area contributed by atoms with E-state index in [0.717, 1.165) is 27.8 Å². The topological polar surface area (TPSA) is 95.9 Å². The van der Waals surface area contributed by atoms with Crippen LogP contribution >= 0.6 is 0 Å². The highest BCUT2D eigenvalue weighted by atomic mass is 16.5. The first-order valence-corrected chi connectivity index (χ1v) is 11.6. The largest absolute Gasteiger partial charge is 0.480 e. The zero-order valence-corrected chi connectivity index (χ0v) is 19.9. The SMILES string of the molecule is CCCN(CC(=O)O)C(=O)C(CC=C(C)C)NC(=O)OCC1c2ccccc2-c2ccccc21. The molecule has 180 valence electrons. The normalized spacial score (nSPS) is 12.8. The Kier molecular flexibility index (Phi) is 8.46.